The third-order valence-electron chi connectivity index (χ3n) is 3.83. The van der Waals surface area contributed by atoms with Crippen molar-refractivity contribution in [2.24, 2.45) is 11.3 Å². The minimum Gasteiger partial charge on any atom is -0.479 e. The van der Waals surface area contributed by atoms with Gasteiger partial charge in [-0.3, -0.25) is 0 Å². The molecule has 1 N–H and O–H groups in total. The molecular weight excluding hydrogens is 216 g/mol. The highest BCUT2D eigenvalue weighted by atomic mass is 16.5. The van der Waals surface area contributed by atoms with Gasteiger partial charge in [-0.1, -0.05) is 34.1 Å². The van der Waals surface area contributed by atoms with Crippen molar-refractivity contribution in [3.05, 3.63) is 0 Å². The van der Waals surface area contributed by atoms with E-state index < -0.39 is 11.6 Å². The second-order valence-electron chi connectivity index (χ2n) is 6.21. The van der Waals surface area contributed by atoms with Gasteiger partial charge in [0.2, 0.25) is 0 Å². The molecule has 3 heteroatoms. The fourth-order valence-corrected chi connectivity index (χ4v) is 3.05. The molecule has 2 atom stereocenters. The zero-order valence-electron chi connectivity index (χ0n) is 11.6. The van der Waals surface area contributed by atoms with E-state index in [2.05, 4.69) is 20.8 Å². The highest BCUT2D eigenvalue weighted by molar-refractivity contribution is 5.78. The van der Waals surface area contributed by atoms with Crippen LogP contribution < -0.4 is 0 Å². The highest BCUT2D eigenvalue weighted by Crippen LogP contribution is 2.46. The summed E-state index contributed by atoms with van der Waals surface area (Å²) < 4.78 is 5.82. The Morgan fingerprint density at radius 2 is 2.06 bits per heavy atom. The Kier molecular flexibility index (Phi) is 4.59. The summed E-state index contributed by atoms with van der Waals surface area (Å²) in [6.45, 7) is 8.92. The van der Waals surface area contributed by atoms with Crippen LogP contribution in [-0.4, -0.2) is 23.3 Å². The summed E-state index contributed by atoms with van der Waals surface area (Å²) in [4.78, 5) is 11.7. The summed E-state index contributed by atoms with van der Waals surface area (Å²) in [6.07, 6.45) is 4.56. The Hall–Kier alpha value is -0.570. The first-order valence-corrected chi connectivity index (χ1v) is 6.72. The maximum atomic E-state index is 11.7. The normalized spacial score (nSPS) is 30.2. The minimum atomic E-state index is -0.952. The molecule has 1 saturated carbocycles. The van der Waals surface area contributed by atoms with Crippen LogP contribution >= 0.6 is 0 Å². The molecule has 1 rings (SSSR count). The van der Waals surface area contributed by atoms with Crippen LogP contribution in [0.15, 0.2) is 0 Å². The quantitative estimate of drug-likeness (QED) is 0.821. The fraction of sp³-hybridized carbons (Fsp3) is 0.929. The molecule has 3 nitrogen and oxygen atoms in total. The molecule has 1 aliphatic rings. The Morgan fingerprint density at radius 1 is 1.41 bits per heavy atom. The maximum Gasteiger partial charge on any atom is 0.336 e. The van der Waals surface area contributed by atoms with Crippen molar-refractivity contribution in [1.29, 1.82) is 0 Å². The summed E-state index contributed by atoms with van der Waals surface area (Å²) in [6, 6.07) is 0. The second-order valence-corrected chi connectivity index (χ2v) is 6.21. The lowest BCUT2D eigenvalue weighted by Crippen LogP contribution is -2.54. The molecule has 0 aliphatic heterocycles. The van der Waals surface area contributed by atoms with Gasteiger partial charge in [0, 0.05) is 12.5 Å². The van der Waals surface area contributed by atoms with E-state index in [4.69, 9.17) is 4.74 Å². The first-order chi connectivity index (χ1) is 7.84. The Morgan fingerprint density at radius 3 is 2.53 bits per heavy atom. The average Bonchev–Trinajstić information content (AvgIpc) is 2.25. The molecule has 0 aromatic rings. The number of hydrogen-bond acceptors (Lipinski definition) is 2. The lowest BCUT2D eigenvalue weighted by molar-refractivity contribution is -0.189. The summed E-state index contributed by atoms with van der Waals surface area (Å²) in [5.41, 5.74) is -0.973. The van der Waals surface area contributed by atoms with Crippen molar-refractivity contribution in [3.63, 3.8) is 0 Å². The van der Waals surface area contributed by atoms with Crippen molar-refractivity contribution >= 4 is 5.97 Å². The monoisotopic (exact) mass is 242 g/mol. The van der Waals surface area contributed by atoms with Gasteiger partial charge in [0.15, 0.2) is 5.60 Å². The lowest BCUT2D eigenvalue weighted by atomic mass is 9.63. The molecule has 0 spiro atoms. The maximum absolute atomic E-state index is 11.7. The molecule has 0 bridgehead atoms. The third kappa shape index (κ3) is 3.01. The van der Waals surface area contributed by atoms with E-state index in [1.807, 2.05) is 6.92 Å². The van der Waals surface area contributed by atoms with Crippen LogP contribution in [0.3, 0.4) is 0 Å². The van der Waals surface area contributed by atoms with Crippen molar-refractivity contribution < 1.29 is 14.6 Å². The Balaban J connectivity index is 3.00. The third-order valence-corrected chi connectivity index (χ3v) is 3.83. The predicted molar refractivity (Wildman–Crippen MR) is 68.0 cm³/mol. The molecule has 100 valence electrons. The Labute approximate surface area is 105 Å². The molecule has 0 heterocycles. The molecule has 0 aromatic heterocycles. The van der Waals surface area contributed by atoms with Crippen LogP contribution in [0.25, 0.3) is 0 Å². The fourth-order valence-electron chi connectivity index (χ4n) is 3.05. The predicted octanol–water partition coefficient (Wildman–Crippen LogP) is 3.47. The minimum absolute atomic E-state index is 0.0213. The zero-order valence-corrected chi connectivity index (χ0v) is 11.6. The van der Waals surface area contributed by atoms with E-state index in [0.29, 0.717) is 13.0 Å². The second kappa shape index (κ2) is 5.38. The van der Waals surface area contributed by atoms with E-state index in [9.17, 15) is 9.90 Å². The molecule has 1 fully saturated rings. The van der Waals surface area contributed by atoms with Crippen molar-refractivity contribution in [1.82, 2.24) is 0 Å². The average molecular weight is 242 g/mol. The summed E-state index contributed by atoms with van der Waals surface area (Å²) in [5.74, 6) is -0.668. The highest BCUT2D eigenvalue weighted by Gasteiger charge is 2.52. The number of carbonyl (C=O) groups is 1. The molecule has 17 heavy (non-hydrogen) atoms. The van der Waals surface area contributed by atoms with Gasteiger partial charge in [0.05, 0.1) is 0 Å². The molecule has 0 radical (unpaired) electrons. The van der Waals surface area contributed by atoms with Crippen molar-refractivity contribution in [2.75, 3.05) is 6.61 Å². The van der Waals surface area contributed by atoms with Crippen molar-refractivity contribution in [3.8, 4) is 0 Å². The molecule has 0 aromatic carbocycles. The number of carboxylic acid groups (broad SMARTS) is 1. The zero-order chi connectivity index (χ0) is 13.1. The SMILES string of the molecule is CCCOC1(C(=O)O)CCCCC1C(C)(C)C. The van der Waals surface area contributed by atoms with Gasteiger partial charge in [-0.25, -0.2) is 4.79 Å². The molecule has 0 amide bonds. The summed E-state index contributed by atoms with van der Waals surface area (Å²) in [7, 11) is 0. The van der Waals surface area contributed by atoms with Crippen molar-refractivity contribution in [2.45, 2.75) is 65.4 Å². The molecule has 1 aliphatic carbocycles. The largest absolute Gasteiger partial charge is 0.479 e. The topological polar surface area (TPSA) is 46.5 Å². The Bertz CT molecular complexity index is 267. The van der Waals surface area contributed by atoms with Gasteiger partial charge in [-0.2, -0.15) is 0 Å². The van der Waals surface area contributed by atoms with Crippen LogP contribution in [0.4, 0.5) is 0 Å². The number of hydrogen-bond donors (Lipinski definition) is 1. The molecular formula is C14H26O3. The first kappa shape index (κ1) is 14.5. The molecule has 2 unspecified atom stereocenters. The van der Waals surface area contributed by atoms with E-state index in [1.165, 1.54) is 0 Å². The van der Waals surface area contributed by atoms with Gasteiger partial charge >= 0.3 is 5.97 Å². The van der Waals surface area contributed by atoms with Crippen LogP contribution in [0.1, 0.15) is 59.8 Å². The van der Waals surface area contributed by atoms with E-state index in [-0.39, 0.29) is 11.3 Å². The lowest BCUT2D eigenvalue weighted by Gasteiger charge is -2.46. The van der Waals surface area contributed by atoms with Gasteiger partial charge in [0.1, 0.15) is 0 Å². The number of ether oxygens (including phenoxy) is 1. The van der Waals surface area contributed by atoms with E-state index in [1.54, 1.807) is 0 Å². The first-order valence-electron chi connectivity index (χ1n) is 6.72. The molecule has 0 saturated heterocycles. The smallest absolute Gasteiger partial charge is 0.336 e. The van der Waals surface area contributed by atoms with Gasteiger partial charge < -0.3 is 9.84 Å². The van der Waals surface area contributed by atoms with Crippen LogP contribution in [0, 0.1) is 11.3 Å². The van der Waals surface area contributed by atoms with E-state index in [0.717, 1.165) is 25.7 Å². The van der Waals surface area contributed by atoms with Crippen LogP contribution in [-0.2, 0) is 9.53 Å². The standard InChI is InChI=1S/C14H26O3/c1-5-10-17-14(12(15)16)9-7-6-8-11(14)13(2,3)4/h11H,5-10H2,1-4H3,(H,15,16). The number of rotatable bonds is 4. The van der Waals surface area contributed by atoms with Gasteiger partial charge in [0.25, 0.3) is 0 Å². The number of carboxylic acids is 1. The van der Waals surface area contributed by atoms with Gasteiger partial charge in [-0.15, -0.1) is 0 Å². The van der Waals surface area contributed by atoms with Crippen LogP contribution in [0.5, 0.6) is 0 Å². The summed E-state index contributed by atoms with van der Waals surface area (Å²) in [5, 5.41) is 9.62. The van der Waals surface area contributed by atoms with E-state index >= 15 is 0 Å². The number of aliphatic carboxylic acids is 1. The summed E-state index contributed by atoms with van der Waals surface area (Å²) >= 11 is 0. The van der Waals surface area contributed by atoms with Gasteiger partial charge in [-0.05, 0) is 31.1 Å². The van der Waals surface area contributed by atoms with Crippen LogP contribution in [0.2, 0.25) is 0 Å².